The van der Waals surface area contributed by atoms with Crippen LogP contribution in [0.4, 0.5) is 5.69 Å². The zero-order valence-corrected chi connectivity index (χ0v) is 9.52. The highest BCUT2D eigenvalue weighted by molar-refractivity contribution is 5.51. The zero-order chi connectivity index (χ0) is 12.4. The molecule has 6 heteroatoms. The summed E-state index contributed by atoms with van der Waals surface area (Å²) in [5.41, 5.74) is 7.05. The molecule has 0 radical (unpaired) electrons. The van der Waals surface area contributed by atoms with Gasteiger partial charge in [-0.1, -0.05) is 0 Å². The summed E-state index contributed by atoms with van der Waals surface area (Å²) in [6.07, 6.45) is 5.18. The van der Waals surface area contributed by atoms with Crippen molar-refractivity contribution in [2.75, 3.05) is 5.73 Å². The Bertz CT molecular complexity index is 665. The van der Waals surface area contributed by atoms with E-state index in [9.17, 15) is 0 Å². The highest BCUT2D eigenvalue weighted by Gasteiger charge is 2.06. The molecule has 0 fully saturated rings. The number of anilines is 1. The van der Waals surface area contributed by atoms with Crippen molar-refractivity contribution < 1.29 is 4.74 Å². The third kappa shape index (κ3) is 1.95. The molecule has 2 N–H and O–H groups in total. The molecule has 0 unspecified atom stereocenters. The smallest absolute Gasteiger partial charge is 0.175 e. The van der Waals surface area contributed by atoms with Crippen LogP contribution in [-0.2, 0) is 6.61 Å². The van der Waals surface area contributed by atoms with E-state index in [1.54, 1.807) is 24.5 Å². The summed E-state index contributed by atoms with van der Waals surface area (Å²) < 4.78 is 7.41. The molecule has 0 amide bonds. The van der Waals surface area contributed by atoms with Gasteiger partial charge in [-0.25, -0.2) is 0 Å². The molecule has 0 aliphatic rings. The minimum absolute atomic E-state index is 0.330. The zero-order valence-electron chi connectivity index (χ0n) is 9.52. The molecule has 0 spiro atoms. The quantitative estimate of drug-likeness (QED) is 0.747. The Morgan fingerprint density at radius 2 is 2.22 bits per heavy atom. The van der Waals surface area contributed by atoms with Crippen LogP contribution in [0.15, 0.2) is 42.9 Å². The minimum Gasteiger partial charge on any atom is -0.484 e. The molecule has 0 saturated heterocycles. The van der Waals surface area contributed by atoms with Crippen LogP contribution in [0.5, 0.6) is 5.75 Å². The number of ether oxygens (including phenoxy) is 1. The molecule has 0 atom stereocenters. The van der Waals surface area contributed by atoms with Gasteiger partial charge in [-0.3, -0.25) is 9.38 Å². The maximum absolute atomic E-state index is 5.68. The van der Waals surface area contributed by atoms with Gasteiger partial charge in [-0.2, -0.15) is 0 Å². The monoisotopic (exact) mass is 241 g/mol. The lowest BCUT2D eigenvalue weighted by Gasteiger charge is -2.04. The molecule has 0 bridgehead atoms. The maximum Gasteiger partial charge on any atom is 0.175 e. The largest absolute Gasteiger partial charge is 0.484 e. The molecule has 3 aromatic rings. The second kappa shape index (κ2) is 4.33. The number of nitrogens with two attached hydrogens (primary N) is 1. The van der Waals surface area contributed by atoms with Crippen molar-refractivity contribution >= 4 is 11.3 Å². The Hall–Kier alpha value is -2.63. The van der Waals surface area contributed by atoms with E-state index in [-0.39, 0.29) is 0 Å². The summed E-state index contributed by atoms with van der Waals surface area (Å²) in [5.74, 6) is 1.42. The molecule has 0 saturated carbocycles. The van der Waals surface area contributed by atoms with Gasteiger partial charge in [-0.15, -0.1) is 10.2 Å². The number of nitrogen functional groups attached to an aromatic ring is 1. The summed E-state index contributed by atoms with van der Waals surface area (Å²) in [4.78, 5) is 3.97. The van der Waals surface area contributed by atoms with E-state index >= 15 is 0 Å². The molecule has 3 rings (SSSR count). The maximum atomic E-state index is 5.68. The van der Waals surface area contributed by atoms with E-state index in [4.69, 9.17) is 10.5 Å². The first-order chi connectivity index (χ1) is 8.83. The van der Waals surface area contributed by atoms with Crippen LogP contribution in [0.1, 0.15) is 5.82 Å². The van der Waals surface area contributed by atoms with Crippen LogP contribution < -0.4 is 10.5 Å². The number of hydrogen-bond donors (Lipinski definition) is 1. The van der Waals surface area contributed by atoms with Crippen LogP contribution in [0.25, 0.3) is 5.65 Å². The van der Waals surface area contributed by atoms with Crippen molar-refractivity contribution in [2.45, 2.75) is 6.61 Å². The van der Waals surface area contributed by atoms with Crippen molar-refractivity contribution in [2.24, 2.45) is 0 Å². The molecule has 18 heavy (non-hydrogen) atoms. The van der Waals surface area contributed by atoms with Gasteiger partial charge in [-0.05, 0) is 18.2 Å². The van der Waals surface area contributed by atoms with Crippen LogP contribution in [0.2, 0.25) is 0 Å². The summed E-state index contributed by atoms with van der Waals surface area (Å²) >= 11 is 0. The Labute approximate surface area is 103 Å². The molecule has 0 aliphatic carbocycles. The van der Waals surface area contributed by atoms with Gasteiger partial charge >= 0.3 is 0 Å². The molecular weight excluding hydrogens is 230 g/mol. The molecule has 0 aliphatic heterocycles. The number of pyridine rings is 2. The van der Waals surface area contributed by atoms with Crippen molar-refractivity contribution in [3.05, 3.63) is 48.7 Å². The first-order valence-electron chi connectivity index (χ1n) is 5.45. The summed E-state index contributed by atoms with van der Waals surface area (Å²) in [6, 6.07) is 7.22. The predicted octanol–water partition coefficient (Wildman–Crippen LogP) is 1.29. The fraction of sp³-hybridized carbons (Fsp3) is 0.0833. The van der Waals surface area contributed by atoms with E-state index in [0.717, 1.165) is 0 Å². The molecule has 3 heterocycles. The first-order valence-corrected chi connectivity index (χ1v) is 5.45. The fourth-order valence-electron chi connectivity index (χ4n) is 1.63. The number of rotatable bonds is 3. The van der Waals surface area contributed by atoms with Crippen LogP contribution >= 0.6 is 0 Å². The molecule has 6 nitrogen and oxygen atoms in total. The van der Waals surface area contributed by atoms with Gasteiger partial charge in [0.25, 0.3) is 0 Å². The average Bonchev–Trinajstić information content (AvgIpc) is 2.80. The lowest BCUT2D eigenvalue weighted by Crippen LogP contribution is -2.01. The predicted molar refractivity (Wildman–Crippen MR) is 66.0 cm³/mol. The van der Waals surface area contributed by atoms with Crippen molar-refractivity contribution in [3.63, 3.8) is 0 Å². The highest BCUT2D eigenvalue weighted by atomic mass is 16.5. The molecule has 3 aromatic heterocycles. The second-order valence-electron chi connectivity index (χ2n) is 3.78. The first kappa shape index (κ1) is 10.5. The molecule has 90 valence electrons. The number of hydrogen-bond acceptors (Lipinski definition) is 5. The van der Waals surface area contributed by atoms with Crippen LogP contribution in [0.3, 0.4) is 0 Å². The van der Waals surface area contributed by atoms with E-state index in [1.165, 1.54) is 0 Å². The highest BCUT2D eigenvalue weighted by Crippen LogP contribution is 2.12. The Kier molecular flexibility index (Phi) is 2.53. The van der Waals surface area contributed by atoms with Crippen molar-refractivity contribution in [1.29, 1.82) is 0 Å². The van der Waals surface area contributed by atoms with E-state index in [1.807, 2.05) is 22.7 Å². The fourth-order valence-corrected chi connectivity index (χ4v) is 1.63. The van der Waals surface area contributed by atoms with Gasteiger partial charge in [0.05, 0.1) is 6.20 Å². The Balaban J connectivity index is 1.83. The number of nitrogens with zero attached hydrogens (tertiary/aromatic N) is 4. The Morgan fingerprint density at radius 1 is 1.28 bits per heavy atom. The average molecular weight is 241 g/mol. The second-order valence-corrected chi connectivity index (χ2v) is 3.78. The molecule has 0 aromatic carbocycles. The minimum atomic E-state index is 0.330. The van der Waals surface area contributed by atoms with Gasteiger partial charge < -0.3 is 10.5 Å². The van der Waals surface area contributed by atoms with E-state index in [2.05, 4.69) is 15.2 Å². The standard InChI is InChI=1S/C12H11N5O/c13-9-3-5-17-11(6-9)15-16-12(17)8-18-10-2-1-4-14-7-10/h1-7H,8,13H2. The van der Waals surface area contributed by atoms with Gasteiger partial charge in [0, 0.05) is 24.1 Å². The Morgan fingerprint density at radius 3 is 3.06 bits per heavy atom. The topological polar surface area (TPSA) is 78.3 Å². The summed E-state index contributed by atoms with van der Waals surface area (Å²) in [6.45, 7) is 0.330. The molecular formula is C12H11N5O. The van der Waals surface area contributed by atoms with Crippen LogP contribution in [0, 0.1) is 0 Å². The van der Waals surface area contributed by atoms with Gasteiger partial charge in [0.2, 0.25) is 0 Å². The third-order valence-corrected chi connectivity index (χ3v) is 2.51. The van der Waals surface area contributed by atoms with Crippen molar-refractivity contribution in [1.82, 2.24) is 19.6 Å². The van der Waals surface area contributed by atoms with E-state index in [0.29, 0.717) is 29.5 Å². The third-order valence-electron chi connectivity index (χ3n) is 2.51. The lowest BCUT2D eigenvalue weighted by atomic mass is 10.4. The van der Waals surface area contributed by atoms with E-state index < -0.39 is 0 Å². The van der Waals surface area contributed by atoms with Crippen LogP contribution in [-0.4, -0.2) is 19.6 Å². The normalized spacial score (nSPS) is 10.7. The van der Waals surface area contributed by atoms with Crippen molar-refractivity contribution in [3.8, 4) is 5.75 Å². The lowest BCUT2D eigenvalue weighted by molar-refractivity contribution is 0.293. The summed E-state index contributed by atoms with van der Waals surface area (Å²) in [5, 5.41) is 8.09. The SMILES string of the molecule is Nc1ccn2c(COc3cccnc3)nnc2c1. The van der Waals surface area contributed by atoms with Gasteiger partial charge in [0.1, 0.15) is 12.4 Å². The number of aromatic nitrogens is 4. The summed E-state index contributed by atoms with van der Waals surface area (Å²) in [7, 11) is 0. The van der Waals surface area contributed by atoms with Gasteiger partial charge in [0.15, 0.2) is 11.5 Å². The number of fused-ring (bicyclic) bond motifs is 1.